The highest BCUT2D eigenvalue weighted by atomic mass is 16.6. The summed E-state index contributed by atoms with van der Waals surface area (Å²) in [7, 11) is 0. The molecule has 56 heavy (non-hydrogen) atoms. The van der Waals surface area contributed by atoms with E-state index in [-0.39, 0.29) is 12.0 Å². The summed E-state index contributed by atoms with van der Waals surface area (Å²) < 4.78 is 11.7. The maximum Gasteiger partial charge on any atom is 0.407 e. The van der Waals surface area contributed by atoms with Gasteiger partial charge in [-0.2, -0.15) is 0 Å². The van der Waals surface area contributed by atoms with Crippen molar-refractivity contribution in [2.75, 3.05) is 26.2 Å². The molecule has 1 fully saturated rings. The van der Waals surface area contributed by atoms with Crippen LogP contribution in [0.3, 0.4) is 0 Å². The second kappa shape index (κ2) is 36.0. The third kappa shape index (κ3) is 29.3. The van der Waals surface area contributed by atoms with Gasteiger partial charge >= 0.3 is 6.09 Å². The van der Waals surface area contributed by atoms with Crippen LogP contribution in [0.25, 0.3) is 0 Å². The number of ether oxygens (including phenoxy) is 2. The molecule has 0 bridgehead atoms. The van der Waals surface area contributed by atoms with Gasteiger partial charge in [0.25, 0.3) is 0 Å². The average Bonchev–Trinajstić information content (AvgIpc) is 3.17. The molecule has 1 saturated heterocycles. The van der Waals surface area contributed by atoms with Crippen LogP contribution in [0.1, 0.15) is 240 Å². The van der Waals surface area contributed by atoms with Crippen molar-refractivity contribution in [3.05, 3.63) is 0 Å². The first-order chi connectivity index (χ1) is 27.1. The van der Waals surface area contributed by atoms with Crippen LogP contribution < -0.4 is 5.32 Å². The lowest BCUT2D eigenvalue weighted by molar-refractivity contribution is -0.265. The Kier molecular flexibility index (Phi) is 34.1. The van der Waals surface area contributed by atoms with Crippen LogP contribution in [0.4, 0.5) is 4.79 Å². The van der Waals surface area contributed by atoms with Crippen molar-refractivity contribution in [1.29, 1.82) is 0 Å². The molecule has 0 radical (unpaired) electrons. The molecule has 1 aliphatic heterocycles. The molecule has 5 atom stereocenters. The summed E-state index contributed by atoms with van der Waals surface area (Å²) in [5.41, 5.74) is -0.0921. The number of carbonyl (C=O) groups is 1. The molecule has 1 rings (SSSR count). The minimum Gasteiger partial charge on any atom is -0.447 e. The molecule has 1 aliphatic rings. The van der Waals surface area contributed by atoms with Gasteiger partial charge in [0.2, 0.25) is 0 Å². The van der Waals surface area contributed by atoms with Crippen LogP contribution in [0.5, 0.6) is 0 Å². The van der Waals surface area contributed by atoms with Gasteiger partial charge in [-0.1, -0.05) is 227 Å². The SMILES string of the molecule is CCCCCCCCCCCCCCCCCCN(CCCCCCCCCCCCCCCCCC)[C@@H]1O[C@H](COC(=O)NCC(C)(C)C)[C@@H](O)[C@H](O)[C@H]1O. The molecule has 0 aliphatic carbocycles. The van der Waals surface area contributed by atoms with Crippen molar-refractivity contribution in [2.24, 2.45) is 5.41 Å². The molecule has 4 N–H and O–H groups in total. The standard InChI is InChI=1S/C48H96N2O6/c1-6-8-10-12-14-16-18-20-22-24-26-28-30-32-34-36-38-50(39-37-35-33-31-29-27-25-23-21-19-17-15-13-11-9-7-2)46-45(53)44(52)43(51)42(56-46)40-55-47(54)49-41-48(3,4)5/h42-46,51-53H,6-41H2,1-5H3,(H,49,54)/t42-,43-,44+,45-,46-/m1/s1. The van der Waals surface area contributed by atoms with Crippen LogP contribution in [0, 0.1) is 5.41 Å². The topological polar surface area (TPSA) is 111 Å². The highest BCUT2D eigenvalue weighted by Gasteiger charge is 2.46. The number of nitrogens with zero attached hydrogens (tertiary/aromatic N) is 1. The number of unbranched alkanes of at least 4 members (excludes halogenated alkanes) is 30. The van der Waals surface area contributed by atoms with Gasteiger partial charge in [0.05, 0.1) is 0 Å². The lowest BCUT2D eigenvalue weighted by atomic mass is 9.97. The van der Waals surface area contributed by atoms with E-state index in [2.05, 4.69) is 24.1 Å². The Morgan fingerprint density at radius 1 is 0.518 bits per heavy atom. The van der Waals surface area contributed by atoms with Crippen LogP contribution in [-0.2, 0) is 9.47 Å². The summed E-state index contributed by atoms with van der Waals surface area (Å²) in [4.78, 5) is 14.5. The molecule has 0 unspecified atom stereocenters. The highest BCUT2D eigenvalue weighted by Crippen LogP contribution is 2.26. The summed E-state index contributed by atoms with van der Waals surface area (Å²) in [6, 6.07) is 0. The summed E-state index contributed by atoms with van der Waals surface area (Å²) in [6.07, 6.45) is 36.0. The summed E-state index contributed by atoms with van der Waals surface area (Å²) in [6.45, 7) is 12.4. The number of carbonyl (C=O) groups excluding carboxylic acids is 1. The van der Waals surface area contributed by atoms with E-state index in [0.29, 0.717) is 6.54 Å². The van der Waals surface area contributed by atoms with E-state index in [4.69, 9.17) is 9.47 Å². The van der Waals surface area contributed by atoms with Gasteiger partial charge in [-0.05, 0) is 18.3 Å². The van der Waals surface area contributed by atoms with E-state index in [0.717, 1.165) is 38.8 Å². The van der Waals surface area contributed by atoms with E-state index in [1.807, 2.05) is 20.8 Å². The van der Waals surface area contributed by atoms with Crippen molar-refractivity contribution in [1.82, 2.24) is 10.2 Å². The molecule has 0 spiro atoms. The van der Waals surface area contributed by atoms with Gasteiger partial charge in [0.1, 0.15) is 37.3 Å². The molecule has 0 saturated carbocycles. The van der Waals surface area contributed by atoms with Gasteiger partial charge in [0, 0.05) is 19.6 Å². The van der Waals surface area contributed by atoms with Crippen LogP contribution in [-0.4, -0.2) is 83.2 Å². The van der Waals surface area contributed by atoms with Gasteiger partial charge in [-0.3, -0.25) is 4.90 Å². The summed E-state index contributed by atoms with van der Waals surface area (Å²) in [5, 5.41) is 35.5. The number of alkyl carbamates (subject to hydrolysis) is 1. The minimum absolute atomic E-state index is 0.0921. The minimum atomic E-state index is -1.38. The van der Waals surface area contributed by atoms with Crippen LogP contribution in [0.2, 0.25) is 0 Å². The predicted molar refractivity (Wildman–Crippen MR) is 236 cm³/mol. The quantitative estimate of drug-likeness (QED) is 0.0460. The van der Waals surface area contributed by atoms with Crippen molar-refractivity contribution >= 4 is 6.09 Å². The number of nitrogens with one attached hydrogen (secondary N) is 1. The maximum atomic E-state index is 12.4. The van der Waals surface area contributed by atoms with Crippen molar-refractivity contribution in [3.63, 3.8) is 0 Å². The molecule has 334 valence electrons. The molecule has 1 amide bonds. The van der Waals surface area contributed by atoms with Gasteiger partial charge in [-0.15, -0.1) is 0 Å². The fraction of sp³-hybridized carbons (Fsp3) is 0.979. The zero-order valence-electron chi connectivity index (χ0n) is 37.9. The normalized spacial score (nSPS) is 20.2. The van der Waals surface area contributed by atoms with E-state index in [9.17, 15) is 20.1 Å². The molecule has 0 aromatic carbocycles. The first kappa shape index (κ1) is 53.1. The Hall–Kier alpha value is -0.930. The third-order valence-electron chi connectivity index (χ3n) is 11.8. The van der Waals surface area contributed by atoms with Crippen molar-refractivity contribution in [2.45, 2.75) is 271 Å². The summed E-state index contributed by atoms with van der Waals surface area (Å²) in [5.74, 6) is 0. The fourth-order valence-corrected chi connectivity index (χ4v) is 8.01. The van der Waals surface area contributed by atoms with E-state index in [1.165, 1.54) is 180 Å². The molecular weight excluding hydrogens is 701 g/mol. The molecule has 1 heterocycles. The van der Waals surface area contributed by atoms with E-state index in [1.54, 1.807) is 0 Å². The average molecular weight is 797 g/mol. The highest BCUT2D eigenvalue weighted by molar-refractivity contribution is 5.67. The zero-order valence-corrected chi connectivity index (χ0v) is 37.9. The maximum absolute atomic E-state index is 12.4. The zero-order chi connectivity index (χ0) is 41.1. The van der Waals surface area contributed by atoms with Crippen LogP contribution in [0.15, 0.2) is 0 Å². The van der Waals surface area contributed by atoms with Crippen LogP contribution >= 0.6 is 0 Å². The Balaban J connectivity index is 2.46. The van der Waals surface area contributed by atoms with Crippen molar-refractivity contribution in [3.8, 4) is 0 Å². The second-order valence-electron chi connectivity index (χ2n) is 18.7. The lowest BCUT2D eigenvalue weighted by Crippen LogP contribution is -2.63. The number of amides is 1. The summed E-state index contributed by atoms with van der Waals surface area (Å²) >= 11 is 0. The Morgan fingerprint density at radius 2 is 0.839 bits per heavy atom. The number of hydrogen-bond acceptors (Lipinski definition) is 7. The molecule has 8 nitrogen and oxygen atoms in total. The third-order valence-corrected chi connectivity index (χ3v) is 11.8. The first-order valence-electron chi connectivity index (χ1n) is 24.4. The first-order valence-corrected chi connectivity index (χ1v) is 24.4. The van der Waals surface area contributed by atoms with Crippen molar-refractivity contribution < 1.29 is 29.6 Å². The van der Waals surface area contributed by atoms with E-state index < -0.39 is 36.7 Å². The molecular formula is C48H96N2O6. The lowest BCUT2D eigenvalue weighted by Gasteiger charge is -2.45. The number of rotatable bonds is 38. The second-order valence-corrected chi connectivity index (χ2v) is 18.7. The Labute approximate surface area is 347 Å². The Bertz CT molecular complexity index is 833. The molecule has 8 heteroatoms. The predicted octanol–water partition coefficient (Wildman–Crippen LogP) is 12.4. The largest absolute Gasteiger partial charge is 0.447 e. The van der Waals surface area contributed by atoms with Gasteiger partial charge in [0.15, 0.2) is 0 Å². The van der Waals surface area contributed by atoms with Gasteiger partial charge in [-0.25, -0.2) is 4.79 Å². The van der Waals surface area contributed by atoms with E-state index >= 15 is 0 Å². The number of hydrogen-bond donors (Lipinski definition) is 4. The smallest absolute Gasteiger partial charge is 0.407 e. The molecule has 0 aromatic rings. The Morgan fingerprint density at radius 3 is 1.16 bits per heavy atom. The fourth-order valence-electron chi connectivity index (χ4n) is 8.01. The van der Waals surface area contributed by atoms with Gasteiger partial charge < -0.3 is 30.1 Å². The number of aliphatic hydroxyl groups excluding tert-OH is 3. The molecule has 0 aromatic heterocycles. The monoisotopic (exact) mass is 797 g/mol. The number of aliphatic hydroxyl groups is 3.